The molecular weight excluding hydrogens is 204 g/mol. The Bertz CT molecular complexity index is 381. The number of halogens is 3. The van der Waals surface area contributed by atoms with Crippen LogP contribution in [-0.4, -0.2) is 11.1 Å². The number of anilines is 1. The lowest BCUT2D eigenvalue weighted by Crippen LogP contribution is -2.05. The maximum atomic E-state index is 12.9. The molecule has 0 aliphatic heterocycles. The molecule has 0 saturated carbocycles. The molecule has 0 saturated heterocycles. The molecule has 70 valence electrons. The zero-order chi connectivity index (χ0) is 10.2. The van der Waals surface area contributed by atoms with E-state index in [1.54, 1.807) is 0 Å². The molecule has 0 aliphatic carbocycles. The lowest BCUT2D eigenvalue weighted by molar-refractivity contribution is 0.0692. The second kappa shape index (κ2) is 3.18. The Morgan fingerprint density at radius 1 is 1.46 bits per heavy atom. The summed E-state index contributed by atoms with van der Waals surface area (Å²) in [5.41, 5.74) is 3.80. The first-order valence-electron chi connectivity index (χ1n) is 3.11. The third kappa shape index (κ3) is 1.55. The van der Waals surface area contributed by atoms with E-state index < -0.39 is 33.9 Å². The van der Waals surface area contributed by atoms with Crippen LogP contribution in [0.2, 0.25) is 5.02 Å². The highest BCUT2D eigenvalue weighted by Crippen LogP contribution is 2.26. The van der Waals surface area contributed by atoms with E-state index >= 15 is 0 Å². The molecule has 13 heavy (non-hydrogen) atoms. The normalized spacial score (nSPS) is 10.1. The third-order valence-electron chi connectivity index (χ3n) is 1.41. The summed E-state index contributed by atoms with van der Waals surface area (Å²) in [6.45, 7) is 0. The van der Waals surface area contributed by atoms with Gasteiger partial charge in [-0.05, 0) is 6.07 Å². The van der Waals surface area contributed by atoms with Crippen molar-refractivity contribution < 1.29 is 18.7 Å². The van der Waals surface area contributed by atoms with Gasteiger partial charge < -0.3 is 10.8 Å². The van der Waals surface area contributed by atoms with Crippen molar-refractivity contribution >= 4 is 23.3 Å². The van der Waals surface area contributed by atoms with Crippen LogP contribution >= 0.6 is 11.6 Å². The number of benzene rings is 1. The number of carboxylic acid groups (broad SMARTS) is 1. The van der Waals surface area contributed by atoms with E-state index in [1.165, 1.54) is 0 Å². The zero-order valence-corrected chi connectivity index (χ0v) is 6.90. The molecule has 3 nitrogen and oxygen atoms in total. The fraction of sp³-hybridized carbons (Fsp3) is 0. The van der Waals surface area contributed by atoms with Crippen molar-refractivity contribution in [3.8, 4) is 0 Å². The first-order valence-corrected chi connectivity index (χ1v) is 3.49. The molecule has 1 aromatic rings. The summed E-state index contributed by atoms with van der Waals surface area (Å²) in [5.74, 6) is -4.02. The number of carbonyl (C=O) groups is 1. The number of rotatable bonds is 1. The fourth-order valence-electron chi connectivity index (χ4n) is 0.779. The first kappa shape index (κ1) is 9.73. The molecular formula is C7H4ClF2NO2. The van der Waals surface area contributed by atoms with Crippen molar-refractivity contribution in [3.63, 3.8) is 0 Å². The maximum Gasteiger partial charge on any atom is 0.338 e. The Balaban J connectivity index is 3.50. The van der Waals surface area contributed by atoms with Crippen LogP contribution in [-0.2, 0) is 0 Å². The Labute approximate surface area is 76.7 Å². The monoisotopic (exact) mass is 207 g/mol. The summed E-state index contributed by atoms with van der Waals surface area (Å²) in [7, 11) is 0. The molecule has 0 amide bonds. The quantitative estimate of drug-likeness (QED) is 0.546. The molecule has 0 radical (unpaired) electrons. The topological polar surface area (TPSA) is 63.3 Å². The minimum absolute atomic E-state index is 0.496. The molecule has 1 aromatic carbocycles. The zero-order valence-electron chi connectivity index (χ0n) is 6.14. The first-order chi connectivity index (χ1) is 5.95. The molecule has 0 aromatic heterocycles. The Morgan fingerprint density at radius 2 is 2.00 bits per heavy atom. The van der Waals surface area contributed by atoms with Crippen LogP contribution < -0.4 is 5.73 Å². The Hall–Kier alpha value is -1.36. The Kier molecular flexibility index (Phi) is 2.38. The largest absolute Gasteiger partial charge is 0.478 e. The van der Waals surface area contributed by atoms with Gasteiger partial charge in [0.2, 0.25) is 0 Å². The molecule has 0 aliphatic rings. The second-order valence-electron chi connectivity index (χ2n) is 2.26. The molecule has 0 atom stereocenters. The summed E-state index contributed by atoms with van der Waals surface area (Å²) >= 11 is 5.14. The van der Waals surface area contributed by atoms with E-state index in [4.69, 9.17) is 22.4 Å². The van der Waals surface area contributed by atoms with Crippen molar-refractivity contribution in [1.82, 2.24) is 0 Å². The lowest BCUT2D eigenvalue weighted by Gasteiger charge is -2.03. The predicted octanol–water partition coefficient (Wildman–Crippen LogP) is 1.90. The minimum atomic E-state index is -1.55. The number of carboxylic acids is 1. The number of nitrogen functional groups attached to an aromatic ring is 1. The van der Waals surface area contributed by atoms with Gasteiger partial charge in [-0.1, -0.05) is 11.6 Å². The Morgan fingerprint density at radius 3 is 2.46 bits per heavy atom. The van der Waals surface area contributed by atoms with Gasteiger partial charge in [-0.15, -0.1) is 0 Å². The van der Waals surface area contributed by atoms with E-state index in [-0.39, 0.29) is 0 Å². The summed E-state index contributed by atoms with van der Waals surface area (Å²) < 4.78 is 25.6. The molecule has 0 bridgehead atoms. The van der Waals surface area contributed by atoms with E-state index in [0.29, 0.717) is 6.07 Å². The minimum Gasteiger partial charge on any atom is -0.478 e. The molecule has 6 heteroatoms. The standard InChI is InChI=1S/C7H4ClF2NO2/c8-4-5(9)2(7(12)13)1-3(11)6(4)10/h1H,11H2,(H,12,13). The van der Waals surface area contributed by atoms with Crippen LogP contribution in [0.3, 0.4) is 0 Å². The smallest absolute Gasteiger partial charge is 0.338 e. The second-order valence-corrected chi connectivity index (χ2v) is 2.64. The van der Waals surface area contributed by atoms with Crippen molar-refractivity contribution in [1.29, 1.82) is 0 Å². The third-order valence-corrected chi connectivity index (χ3v) is 1.74. The highest BCUT2D eigenvalue weighted by Gasteiger charge is 2.19. The summed E-state index contributed by atoms with van der Waals surface area (Å²) in [5, 5.41) is 7.52. The van der Waals surface area contributed by atoms with E-state index in [9.17, 15) is 13.6 Å². The number of aromatic carboxylic acids is 1. The molecule has 0 spiro atoms. The van der Waals surface area contributed by atoms with Gasteiger partial charge in [0.15, 0.2) is 11.6 Å². The van der Waals surface area contributed by atoms with Gasteiger partial charge in [-0.25, -0.2) is 13.6 Å². The number of hydrogen-bond acceptors (Lipinski definition) is 2. The van der Waals surface area contributed by atoms with E-state index in [2.05, 4.69) is 0 Å². The van der Waals surface area contributed by atoms with Gasteiger partial charge in [0.1, 0.15) is 5.02 Å². The summed E-state index contributed by atoms with van der Waals surface area (Å²) in [6, 6.07) is 0.679. The van der Waals surface area contributed by atoms with Crippen LogP contribution in [0, 0.1) is 11.6 Å². The highest BCUT2D eigenvalue weighted by molar-refractivity contribution is 6.31. The van der Waals surface area contributed by atoms with Gasteiger partial charge in [0.05, 0.1) is 11.3 Å². The van der Waals surface area contributed by atoms with Crippen LogP contribution in [0.15, 0.2) is 6.07 Å². The van der Waals surface area contributed by atoms with E-state index in [1.807, 2.05) is 0 Å². The van der Waals surface area contributed by atoms with Crippen LogP contribution in [0.4, 0.5) is 14.5 Å². The fourth-order valence-corrected chi connectivity index (χ4v) is 0.990. The van der Waals surface area contributed by atoms with E-state index in [0.717, 1.165) is 0 Å². The van der Waals surface area contributed by atoms with Crippen LogP contribution in [0.1, 0.15) is 10.4 Å². The average molecular weight is 208 g/mol. The molecule has 0 unspecified atom stereocenters. The maximum absolute atomic E-state index is 12.9. The summed E-state index contributed by atoms with van der Waals surface area (Å²) in [6.07, 6.45) is 0. The number of hydrogen-bond donors (Lipinski definition) is 2. The molecule has 1 rings (SSSR count). The van der Waals surface area contributed by atoms with Gasteiger partial charge in [0, 0.05) is 0 Å². The van der Waals surface area contributed by atoms with Crippen LogP contribution in [0.25, 0.3) is 0 Å². The van der Waals surface area contributed by atoms with Crippen LogP contribution in [0.5, 0.6) is 0 Å². The van der Waals surface area contributed by atoms with Gasteiger partial charge in [-0.2, -0.15) is 0 Å². The average Bonchev–Trinajstić information content (AvgIpc) is 2.07. The predicted molar refractivity (Wildman–Crippen MR) is 42.7 cm³/mol. The van der Waals surface area contributed by atoms with Crippen molar-refractivity contribution in [3.05, 3.63) is 28.3 Å². The SMILES string of the molecule is Nc1cc(C(=O)O)c(F)c(Cl)c1F. The van der Waals surface area contributed by atoms with Gasteiger partial charge >= 0.3 is 5.97 Å². The van der Waals surface area contributed by atoms with Crippen molar-refractivity contribution in [2.24, 2.45) is 0 Å². The van der Waals surface area contributed by atoms with Crippen molar-refractivity contribution in [2.75, 3.05) is 5.73 Å². The number of nitrogens with two attached hydrogens (primary N) is 1. The molecule has 0 fully saturated rings. The molecule has 0 heterocycles. The lowest BCUT2D eigenvalue weighted by atomic mass is 10.2. The van der Waals surface area contributed by atoms with Gasteiger partial charge in [-0.3, -0.25) is 0 Å². The van der Waals surface area contributed by atoms with Crippen molar-refractivity contribution in [2.45, 2.75) is 0 Å². The summed E-state index contributed by atoms with van der Waals surface area (Å²) in [4.78, 5) is 10.4. The highest BCUT2D eigenvalue weighted by atomic mass is 35.5. The van der Waals surface area contributed by atoms with Gasteiger partial charge in [0.25, 0.3) is 0 Å². The molecule has 3 N–H and O–H groups in total.